The molecule has 0 saturated heterocycles. The first-order valence-corrected chi connectivity index (χ1v) is 30.9. The molecule has 0 spiro atoms. The van der Waals surface area contributed by atoms with E-state index < -0.39 is 36.2 Å². The molecule has 2 rings (SSSR count). The molecule has 0 amide bonds. The number of benzene rings is 2. The van der Waals surface area contributed by atoms with Crippen LogP contribution in [0.3, 0.4) is 0 Å². The van der Waals surface area contributed by atoms with Crippen LogP contribution in [0.4, 0.5) is 0 Å². The first kappa shape index (κ1) is 31.3. The minimum Gasteiger partial charge on any atom is -0.168 e. The van der Waals surface area contributed by atoms with Gasteiger partial charge in [-0.3, -0.25) is 0 Å². The van der Waals surface area contributed by atoms with Crippen LogP contribution in [0.15, 0.2) is 60.7 Å². The molecule has 0 unspecified atom stereocenters. The molecular formula is C21H34Cl6Si5. The Morgan fingerprint density at radius 2 is 0.781 bits per heavy atom. The van der Waals surface area contributed by atoms with Crippen molar-refractivity contribution < 1.29 is 0 Å². The molecule has 180 valence electrons. The summed E-state index contributed by atoms with van der Waals surface area (Å²) in [5.74, 6) is 0. The van der Waals surface area contributed by atoms with Crippen molar-refractivity contribution in [3.05, 3.63) is 60.7 Å². The molecule has 0 heterocycles. The van der Waals surface area contributed by atoms with Crippen LogP contribution in [0, 0.1) is 0 Å². The van der Waals surface area contributed by atoms with E-state index in [9.17, 15) is 0 Å². The van der Waals surface area contributed by atoms with Crippen molar-refractivity contribution in [2.24, 2.45) is 0 Å². The Morgan fingerprint density at radius 1 is 0.469 bits per heavy atom. The molecule has 0 atom stereocenters. The average molecular weight is 640 g/mol. The molecule has 0 aromatic heterocycles. The lowest BCUT2D eigenvalue weighted by Gasteiger charge is -2.32. The third kappa shape index (κ3) is 12.8. The lowest BCUT2D eigenvalue weighted by molar-refractivity contribution is 1.52. The molecule has 0 radical (unpaired) electrons. The Balaban J connectivity index is 0.000000330. The monoisotopic (exact) mass is 636 g/mol. The zero-order valence-corrected chi connectivity index (χ0v) is 29.2. The third-order valence-corrected chi connectivity index (χ3v) is 34.8. The van der Waals surface area contributed by atoms with E-state index in [0.29, 0.717) is 0 Å². The molecule has 2 aromatic carbocycles. The summed E-state index contributed by atoms with van der Waals surface area (Å²) in [5.41, 5.74) is 2.94. The second-order valence-corrected chi connectivity index (χ2v) is 44.7. The zero-order valence-electron chi connectivity index (χ0n) is 19.7. The van der Waals surface area contributed by atoms with Gasteiger partial charge < -0.3 is 0 Å². The Kier molecular flexibility index (Phi) is 12.2. The standard InChI is InChI=1S/C12H21Cl3Si3.C9H13Cl3Si2/c1-16(2,10-17(3,4)13)11-18(14,15)12-8-6-5-7-9-12;1-13(2,10)8-14(11,12)9-6-4-3-5-7-9/h5-9H,10-11H2,1-4H3;3-7H,8H2,1-2H3. The molecule has 2 aromatic rings. The summed E-state index contributed by atoms with van der Waals surface area (Å²) in [6.45, 7) is 8.59. The van der Waals surface area contributed by atoms with E-state index >= 15 is 0 Å². The van der Waals surface area contributed by atoms with Gasteiger partial charge in [0.05, 0.1) is 0 Å². The number of hydrogen-bond donors (Lipinski definition) is 0. The number of hydrogen-bond acceptors (Lipinski definition) is 0. The van der Waals surface area contributed by atoms with Crippen molar-refractivity contribution in [3.63, 3.8) is 0 Å². The van der Waals surface area contributed by atoms with Crippen molar-refractivity contribution >= 4 is 113 Å². The maximum Gasteiger partial charge on any atom is 0.279 e. The highest BCUT2D eigenvalue weighted by molar-refractivity contribution is 7.54. The minimum absolute atomic E-state index is 0.786. The molecule has 0 aliphatic heterocycles. The van der Waals surface area contributed by atoms with Crippen molar-refractivity contribution in [1.82, 2.24) is 0 Å². The fourth-order valence-corrected chi connectivity index (χ4v) is 47.0. The summed E-state index contributed by atoms with van der Waals surface area (Å²) in [5, 5.41) is 2.19. The molecule has 0 saturated carbocycles. The van der Waals surface area contributed by atoms with Crippen LogP contribution in [0.5, 0.6) is 0 Å². The van der Waals surface area contributed by atoms with Crippen LogP contribution < -0.4 is 10.4 Å². The van der Waals surface area contributed by atoms with Gasteiger partial charge in [0.15, 0.2) is 7.38 Å². The van der Waals surface area contributed by atoms with Gasteiger partial charge in [0.2, 0.25) is 0 Å². The predicted octanol–water partition coefficient (Wildman–Crippen LogP) is 8.84. The maximum absolute atomic E-state index is 6.69. The Morgan fingerprint density at radius 3 is 1.09 bits per heavy atom. The summed E-state index contributed by atoms with van der Waals surface area (Å²) in [6, 6.07) is 20.0. The quantitative estimate of drug-likeness (QED) is 0.200. The van der Waals surface area contributed by atoms with E-state index in [4.69, 9.17) is 66.5 Å². The van der Waals surface area contributed by atoms with Crippen molar-refractivity contribution in [2.75, 3.05) is 0 Å². The molecule has 0 aliphatic carbocycles. The van der Waals surface area contributed by atoms with Gasteiger partial charge in [0, 0.05) is 8.07 Å². The smallest absolute Gasteiger partial charge is 0.168 e. The second kappa shape index (κ2) is 12.5. The highest BCUT2D eigenvalue weighted by Gasteiger charge is 2.41. The topological polar surface area (TPSA) is 0 Å². The van der Waals surface area contributed by atoms with Gasteiger partial charge in [-0.25, -0.2) is 0 Å². The van der Waals surface area contributed by atoms with Crippen LogP contribution in [-0.4, -0.2) is 36.2 Å². The van der Waals surface area contributed by atoms with Crippen LogP contribution in [0.2, 0.25) is 56.3 Å². The van der Waals surface area contributed by atoms with Crippen LogP contribution in [0.25, 0.3) is 0 Å². The third-order valence-electron chi connectivity index (χ3n) is 4.63. The van der Waals surface area contributed by atoms with E-state index in [1.807, 2.05) is 48.5 Å². The van der Waals surface area contributed by atoms with Crippen molar-refractivity contribution in [3.8, 4) is 0 Å². The molecule has 11 heteroatoms. The normalized spacial score (nSPS) is 13.4. The van der Waals surface area contributed by atoms with E-state index in [-0.39, 0.29) is 0 Å². The SMILES string of the molecule is C[Si](C)(Cl)C[Si](C)(C)C[Si](Cl)(Cl)c1ccccc1.C[Si](C)(Cl)C[Si](Cl)(Cl)c1ccccc1. The maximum atomic E-state index is 6.69. The summed E-state index contributed by atoms with van der Waals surface area (Å²) >= 11 is 38.9. The predicted molar refractivity (Wildman–Crippen MR) is 166 cm³/mol. The molecule has 32 heavy (non-hydrogen) atoms. The van der Waals surface area contributed by atoms with Crippen LogP contribution >= 0.6 is 66.5 Å². The van der Waals surface area contributed by atoms with Gasteiger partial charge in [-0.15, -0.1) is 44.3 Å². The Bertz CT molecular complexity index is 818. The van der Waals surface area contributed by atoms with E-state index in [0.717, 1.165) is 21.7 Å². The lowest BCUT2D eigenvalue weighted by atomic mass is 10.4. The molecule has 0 bridgehead atoms. The minimum atomic E-state index is -2.34. The largest absolute Gasteiger partial charge is 0.279 e. The van der Waals surface area contributed by atoms with Gasteiger partial charge in [-0.2, -0.15) is 22.2 Å². The first-order chi connectivity index (χ1) is 14.3. The molecule has 0 N–H and O–H groups in total. The first-order valence-electron chi connectivity index (χ1n) is 10.6. The van der Waals surface area contributed by atoms with Gasteiger partial charge in [-0.1, -0.05) is 99.9 Å². The number of rotatable bonds is 8. The number of halogens is 6. The Hall–Kier alpha value is 1.26. The van der Waals surface area contributed by atoms with Crippen molar-refractivity contribution in [2.45, 2.75) is 56.3 Å². The highest BCUT2D eigenvalue weighted by Crippen LogP contribution is 2.33. The Labute approximate surface area is 228 Å². The van der Waals surface area contributed by atoms with Gasteiger partial charge >= 0.3 is 0 Å². The molecule has 0 aliphatic rings. The lowest BCUT2D eigenvalue weighted by Crippen LogP contribution is -2.47. The van der Waals surface area contributed by atoms with E-state index in [2.05, 4.69) is 51.4 Å². The fraction of sp³-hybridized carbons (Fsp3) is 0.429. The fourth-order valence-electron chi connectivity index (χ4n) is 3.90. The molecule has 0 fully saturated rings. The molecular weight excluding hydrogens is 605 g/mol. The van der Waals surface area contributed by atoms with Gasteiger partial charge in [-0.05, 0) is 27.4 Å². The van der Waals surface area contributed by atoms with Crippen LogP contribution in [0.1, 0.15) is 0 Å². The summed E-state index contributed by atoms with van der Waals surface area (Å²) in [6.07, 6.45) is 0. The highest BCUT2D eigenvalue weighted by atomic mass is 35.7. The molecule has 0 nitrogen and oxygen atoms in total. The van der Waals surface area contributed by atoms with Crippen molar-refractivity contribution in [1.29, 1.82) is 0 Å². The van der Waals surface area contributed by atoms with E-state index in [1.54, 1.807) is 0 Å². The summed E-state index contributed by atoms with van der Waals surface area (Å²) in [7, 11) is -4.69. The zero-order chi connectivity index (χ0) is 24.8. The summed E-state index contributed by atoms with van der Waals surface area (Å²) in [4.78, 5) is 0. The van der Waals surface area contributed by atoms with Gasteiger partial charge in [0.1, 0.15) is 7.38 Å². The average Bonchev–Trinajstić information content (AvgIpc) is 2.59. The van der Waals surface area contributed by atoms with E-state index in [1.165, 1.54) is 5.67 Å². The second-order valence-electron chi connectivity index (χ2n) is 10.3. The summed E-state index contributed by atoms with van der Waals surface area (Å²) < 4.78 is 0. The van der Waals surface area contributed by atoms with Crippen LogP contribution in [-0.2, 0) is 0 Å². The van der Waals surface area contributed by atoms with Gasteiger partial charge in [0.25, 0.3) is 13.4 Å².